The summed E-state index contributed by atoms with van der Waals surface area (Å²) in [6.07, 6.45) is 1.50. The molecule has 0 radical (unpaired) electrons. The molecule has 0 N–H and O–H groups in total. The van der Waals surface area contributed by atoms with E-state index in [4.69, 9.17) is 14.2 Å². The van der Waals surface area contributed by atoms with E-state index in [9.17, 15) is 14.9 Å². The summed E-state index contributed by atoms with van der Waals surface area (Å²) >= 11 is 0. The zero-order valence-electron chi connectivity index (χ0n) is 18.6. The lowest BCUT2D eigenvalue weighted by molar-refractivity contribution is -0.154. The Morgan fingerprint density at radius 2 is 1.57 bits per heavy atom. The molecule has 7 heteroatoms. The predicted octanol–water partition coefficient (Wildman–Crippen LogP) is 3.59. The molecule has 0 saturated heterocycles. The second-order valence-electron chi connectivity index (χ2n) is 7.57. The van der Waals surface area contributed by atoms with Crippen LogP contribution in [0, 0.1) is 16.7 Å². The van der Waals surface area contributed by atoms with E-state index >= 15 is 0 Å². The first-order valence-corrected chi connectivity index (χ1v) is 10.1. The van der Waals surface area contributed by atoms with Crippen LogP contribution < -0.4 is 4.90 Å². The maximum absolute atomic E-state index is 12.1. The Labute approximate surface area is 179 Å². The minimum absolute atomic E-state index is 0.00592. The van der Waals surface area contributed by atoms with E-state index in [2.05, 4.69) is 18.7 Å². The van der Waals surface area contributed by atoms with Crippen LogP contribution in [-0.4, -0.2) is 51.5 Å². The first kappa shape index (κ1) is 25.2. The predicted molar refractivity (Wildman–Crippen MR) is 116 cm³/mol. The molecule has 1 rings (SSSR count). The second-order valence-corrected chi connectivity index (χ2v) is 7.57. The molecule has 1 aromatic carbocycles. The van der Waals surface area contributed by atoms with Gasteiger partial charge in [-0.1, -0.05) is 12.1 Å². The van der Waals surface area contributed by atoms with Gasteiger partial charge in [0.05, 0.1) is 18.6 Å². The van der Waals surface area contributed by atoms with Crippen molar-refractivity contribution in [2.75, 3.05) is 44.4 Å². The number of benzene rings is 1. The quantitative estimate of drug-likeness (QED) is 0.236. The average molecular weight is 417 g/mol. The Balaban J connectivity index is 2.43. The van der Waals surface area contributed by atoms with Gasteiger partial charge >= 0.3 is 11.9 Å². The topological polar surface area (TPSA) is 88.9 Å². The summed E-state index contributed by atoms with van der Waals surface area (Å²) in [4.78, 5) is 25.9. The number of anilines is 1. The third kappa shape index (κ3) is 8.66. The number of hydrogen-bond acceptors (Lipinski definition) is 7. The molecule has 0 atom stereocenters. The number of hydrogen-bond donors (Lipinski definition) is 0. The number of carbonyl (C=O) groups is 2. The summed E-state index contributed by atoms with van der Waals surface area (Å²) in [6.45, 7) is 11.8. The Kier molecular flexibility index (Phi) is 10.6. The Morgan fingerprint density at radius 1 is 1.00 bits per heavy atom. The molecule has 0 saturated carbocycles. The van der Waals surface area contributed by atoms with Gasteiger partial charge in [-0.25, -0.2) is 4.79 Å². The lowest BCUT2D eigenvalue weighted by Crippen LogP contribution is -2.24. The van der Waals surface area contributed by atoms with Crippen molar-refractivity contribution in [3.8, 4) is 6.07 Å². The van der Waals surface area contributed by atoms with Crippen LogP contribution in [-0.2, 0) is 23.8 Å². The Morgan fingerprint density at radius 3 is 2.07 bits per heavy atom. The molecule has 0 heterocycles. The van der Waals surface area contributed by atoms with Gasteiger partial charge in [0.1, 0.15) is 24.9 Å². The minimum atomic E-state index is -0.701. The van der Waals surface area contributed by atoms with Crippen molar-refractivity contribution < 1.29 is 23.8 Å². The molecule has 0 spiro atoms. The standard InChI is InChI=1S/C23H32N2O5/c1-6-25(7-2)20-10-8-18(9-11-20)16-19(17-24)21(26)29-14-12-28-13-15-30-22(27)23(3,4)5/h8-11,16H,6-7,12-15H2,1-5H3/b19-16+. The number of carbonyl (C=O) groups excluding carboxylic acids is 2. The fourth-order valence-corrected chi connectivity index (χ4v) is 2.46. The van der Waals surface area contributed by atoms with Gasteiger partial charge in [0.15, 0.2) is 0 Å². The molecule has 30 heavy (non-hydrogen) atoms. The van der Waals surface area contributed by atoms with Gasteiger partial charge in [0.2, 0.25) is 0 Å². The molecular weight excluding hydrogens is 384 g/mol. The summed E-state index contributed by atoms with van der Waals surface area (Å²) in [6, 6.07) is 9.51. The van der Waals surface area contributed by atoms with Crippen molar-refractivity contribution in [1.82, 2.24) is 0 Å². The van der Waals surface area contributed by atoms with Crippen LogP contribution in [0.4, 0.5) is 5.69 Å². The van der Waals surface area contributed by atoms with E-state index in [0.29, 0.717) is 0 Å². The van der Waals surface area contributed by atoms with E-state index in [-0.39, 0.29) is 38.0 Å². The third-order valence-electron chi connectivity index (χ3n) is 4.21. The van der Waals surface area contributed by atoms with E-state index in [1.54, 1.807) is 20.8 Å². The molecule has 0 aliphatic carbocycles. The highest BCUT2D eigenvalue weighted by atomic mass is 16.6. The molecule has 0 unspecified atom stereocenters. The monoisotopic (exact) mass is 416 g/mol. The molecule has 0 bridgehead atoms. The first-order valence-electron chi connectivity index (χ1n) is 10.1. The summed E-state index contributed by atoms with van der Waals surface area (Å²) in [5, 5.41) is 9.26. The summed E-state index contributed by atoms with van der Waals surface area (Å²) in [5.41, 5.74) is 1.20. The number of nitriles is 1. The van der Waals surface area contributed by atoms with Crippen molar-refractivity contribution in [2.45, 2.75) is 34.6 Å². The molecule has 0 fully saturated rings. The van der Waals surface area contributed by atoms with Crippen molar-refractivity contribution in [2.24, 2.45) is 5.41 Å². The molecule has 0 aliphatic heterocycles. The molecule has 0 amide bonds. The lowest BCUT2D eigenvalue weighted by Gasteiger charge is -2.20. The number of ether oxygens (including phenoxy) is 3. The highest BCUT2D eigenvalue weighted by molar-refractivity contribution is 5.97. The molecule has 1 aromatic rings. The molecule has 7 nitrogen and oxygen atoms in total. The van der Waals surface area contributed by atoms with Crippen LogP contribution in [0.3, 0.4) is 0 Å². The average Bonchev–Trinajstić information content (AvgIpc) is 2.72. The highest BCUT2D eigenvalue weighted by Gasteiger charge is 2.22. The summed E-state index contributed by atoms with van der Waals surface area (Å²) < 4.78 is 15.4. The highest BCUT2D eigenvalue weighted by Crippen LogP contribution is 2.17. The summed E-state index contributed by atoms with van der Waals surface area (Å²) in [5.74, 6) is -1.00. The maximum Gasteiger partial charge on any atom is 0.348 e. The van der Waals surface area contributed by atoms with Gasteiger partial charge in [-0.05, 0) is 58.4 Å². The Hall–Kier alpha value is -2.85. The molecule has 0 aliphatic rings. The number of nitrogens with zero attached hydrogens (tertiary/aromatic N) is 2. The van der Waals surface area contributed by atoms with Gasteiger partial charge < -0.3 is 19.1 Å². The zero-order valence-corrected chi connectivity index (χ0v) is 18.6. The van der Waals surface area contributed by atoms with Crippen LogP contribution in [0.5, 0.6) is 0 Å². The Bertz CT molecular complexity index is 753. The zero-order chi connectivity index (χ0) is 22.6. The lowest BCUT2D eigenvalue weighted by atomic mass is 9.97. The van der Waals surface area contributed by atoms with Gasteiger partial charge in [-0.2, -0.15) is 5.26 Å². The largest absolute Gasteiger partial charge is 0.463 e. The van der Waals surface area contributed by atoms with Gasteiger partial charge in [0.25, 0.3) is 0 Å². The van der Waals surface area contributed by atoms with Crippen LogP contribution in [0.1, 0.15) is 40.2 Å². The number of rotatable bonds is 11. The molecular formula is C23H32N2O5. The second kappa shape index (κ2) is 12.7. The van der Waals surface area contributed by atoms with Gasteiger partial charge in [0, 0.05) is 18.8 Å². The van der Waals surface area contributed by atoms with Crippen molar-refractivity contribution >= 4 is 23.7 Å². The van der Waals surface area contributed by atoms with Crippen molar-refractivity contribution in [1.29, 1.82) is 5.26 Å². The molecule has 0 aromatic heterocycles. The van der Waals surface area contributed by atoms with Crippen molar-refractivity contribution in [3.63, 3.8) is 0 Å². The summed E-state index contributed by atoms with van der Waals surface area (Å²) in [7, 11) is 0. The smallest absolute Gasteiger partial charge is 0.348 e. The SMILES string of the molecule is CCN(CC)c1ccc(/C=C(\C#N)C(=O)OCCOCCOC(=O)C(C)(C)C)cc1. The fraction of sp³-hybridized carbons (Fsp3) is 0.522. The van der Waals surface area contributed by atoms with Crippen molar-refractivity contribution in [3.05, 3.63) is 35.4 Å². The van der Waals surface area contributed by atoms with Crippen LogP contribution >= 0.6 is 0 Å². The fourth-order valence-electron chi connectivity index (χ4n) is 2.46. The van der Waals surface area contributed by atoms with E-state index in [1.165, 1.54) is 6.08 Å². The normalized spacial score (nSPS) is 11.5. The van der Waals surface area contributed by atoms with E-state index < -0.39 is 11.4 Å². The van der Waals surface area contributed by atoms with Gasteiger partial charge in [-0.3, -0.25) is 4.79 Å². The maximum atomic E-state index is 12.1. The van der Waals surface area contributed by atoms with Gasteiger partial charge in [-0.15, -0.1) is 0 Å². The van der Waals surface area contributed by atoms with E-state index in [1.807, 2.05) is 30.3 Å². The van der Waals surface area contributed by atoms with E-state index in [0.717, 1.165) is 24.3 Å². The first-order chi connectivity index (χ1) is 14.2. The number of esters is 2. The van der Waals surface area contributed by atoms with Crippen LogP contribution in [0.15, 0.2) is 29.8 Å². The minimum Gasteiger partial charge on any atom is -0.463 e. The van der Waals surface area contributed by atoms with Crippen LogP contribution in [0.2, 0.25) is 0 Å². The van der Waals surface area contributed by atoms with Crippen LogP contribution in [0.25, 0.3) is 6.08 Å². The molecule has 164 valence electrons. The third-order valence-corrected chi connectivity index (χ3v) is 4.21.